The van der Waals surface area contributed by atoms with E-state index in [9.17, 15) is 18.1 Å². The number of carbonyl (C=O) groups excluding carboxylic acids is 1. The second-order valence-electron chi connectivity index (χ2n) is 7.42. The molecule has 0 unspecified atom stereocenters. The van der Waals surface area contributed by atoms with Crippen LogP contribution in [0.4, 0.5) is 8.78 Å². The quantitative estimate of drug-likeness (QED) is 0.516. The van der Waals surface area contributed by atoms with Gasteiger partial charge in [0.15, 0.2) is 0 Å². The van der Waals surface area contributed by atoms with Crippen LogP contribution in [0.3, 0.4) is 0 Å². The molecule has 1 N–H and O–H groups in total. The highest BCUT2D eigenvalue weighted by molar-refractivity contribution is 7.90. The van der Waals surface area contributed by atoms with Gasteiger partial charge in [0.25, 0.3) is 0 Å². The number of ether oxygens (including phenoxy) is 3. The van der Waals surface area contributed by atoms with Crippen molar-refractivity contribution in [1.29, 1.82) is 0 Å². The average Bonchev–Trinajstić information content (AvgIpc) is 3.13. The normalized spacial score (nSPS) is 20.5. The van der Waals surface area contributed by atoms with E-state index in [4.69, 9.17) is 14.2 Å². The highest BCUT2D eigenvalue weighted by Gasteiger charge is 2.39. The molecule has 0 saturated carbocycles. The number of alkyl halides is 1. The molecule has 1 aromatic rings. The van der Waals surface area contributed by atoms with Crippen LogP contribution in [0.1, 0.15) is 45.7 Å². The van der Waals surface area contributed by atoms with Gasteiger partial charge in [0, 0.05) is 23.3 Å². The van der Waals surface area contributed by atoms with Crippen molar-refractivity contribution in [3.63, 3.8) is 0 Å². The Hall–Kier alpha value is -1.42. The van der Waals surface area contributed by atoms with Crippen LogP contribution in [0.2, 0.25) is 0 Å². The molecule has 158 valence electrons. The van der Waals surface area contributed by atoms with E-state index in [1.165, 1.54) is 12.1 Å². The molecule has 0 aromatic heterocycles. The van der Waals surface area contributed by atoms with Crippen molar-refractivity contribution in [2.24, 2.45) is 0 Å². The van der Waals surface area contributed by atoms with Gasteiger partial charge >= 0.3 is 5.97 Å². The fourth-order valence-electron chi connectivity index (χ4n) is 2.56. The Bertz CT molecular complexity index is 664. The molecule has 0 amide bonds. The molecular weight excluding hydrogens is 392 g/mol. The topological polar surface area (TPSA) is 79.9 Å². The number of carbonyl (C=O) groups is 1. The number of benzene rings is 1. The summed E-state index contributed by atoms with van der Waals surface area (Å²) in [6, 6.07) is 2.37. The molecule has 1 fully saturated rings. The Labute approximate surface area is 167 Å². The lowest BCUT2D eigenvalue weighted by Gasteiger charge is -2.29. The summed E-state index contributed by atoms with van der Waals surface area (Å²) in [5, 5.41) is 0. The summed E-state index contributed by atoms with van der Waals surface area (Å²) in [4.78, 5) is 12.0. The van der Waals surface area contributed by atoms with Crippen LogP contribution < -0.4 is 9.46 Å². The second kappa shape index (κ2) is 9.87. The van der Waals surface area contributed by atoms with Gasteiger partial charge in [0.2, 0.25) is 6.17 Å². The summed E-state index contributed by atoms with van der Waals surface area (Å²) in [5.74, 6) is -1.58. The molecule has 28 heavy (non-hydrogen) atoms. The lowest BCUT2D eigenvalue weighted by atomic mass is 10.0. The summed E-state index contributed by atoms with van der Waals surface area (Å²) in [7, 11) is 0. The maximum atomic E-state index is 14.9. The second-order valence-corrected chi connectivity index (χ2v) is 9.42. The SMILES string of the molecule is CCOC(=O)[C@H](F)[C@@H](N[S@+]([O-])C(C)(C)C)c1cc(O[C@H]2CCOC2)ccc1F. The van der Waals surface area contributed by atoms with Gasteiger partial charge in [-0.25, -0.2) is 13.6 Å². The maximum absolute atomic E-state index is 14.9. The first-order chi connectivity index (χ1) is 13.1. The van der Waals surface area contributed by atoms with Gasteiger partial charge in [-0.3, -0.25) is 0 Å². The fraction of sp³-hybridized carbons (Fsp3) is 0.632. The lowest BCUT2D eigenvalue weighted by Crippen LogP contribution is -2.46. The van der Waals surface area contributed by atoms with Gasteiger partial charge in [-0.2, -0.15) is 0 Å². The minimum Gasteiger partial charge on any atom is -0.598 e. The standard InChI is InChI=1S/C19H27F2NO5S/c1-5-26-18(23)16(21)17(22-28(24)19(2,3)4)14-10-12(6-7-15(14)20)27-13-8-9-25-11-13/h6-7,10,13,16-17,22H,5,8-9,11H2,1-4H3/t13-,16+,17-,28+/m0/s1. The predicted molar refractivity (Wildman–Crippen MR) is 102 cm³/mol. The van der Waals surface area contributed by atoms with E-state index in [2.05, 4.69) is 4.72 Å². The van der Waals surface area contributed by atoms with Gasteiger partial charge in [-0.05, 0) is 45.9 Å². The first kappa shape index (κ1) is 22.9. The van der Waals surface area contributed by atoms with E-state index >= 15 is 0 Å². The zero-order chi connectivity index (χ0) is 20.9. The van der Waals surface area contributed by atoms with Crippen molar-refractivity contribution in [3.8, 4) is 5.75 Å². The number of halogens is 2. The van der Waals surface area contributed by atoms with E-state index in [1.54, 1.807) is 27.7 Å². The third kappa shape index (κ3) is 6.04. The largest absolute Gasteiger partial charge is 0.598 e. The van der Waals surface area contributed by atoms with Crippen molar-refractivity contribution < 1.29 is 32.3 Å². The van der Waals surface area contributed by atoms with Crippen LogP contribution in [0.5, 0.6) is 5.75 Å². The van der Waals surface area contributed by atoms with E-state index in [-0.39, 0.29) is 18.3 Å². The maximum Gasteiger partial charge on any atom is 0.342 e. The minimum atomic E-state index is -2.24. The van der Waals surface area contributed by atoms with Crippen LogP contribution in [0.15, 0.2) is 18.2 Å². The van der Waals surface area contributed by atoms with Crippen LogP contribution in [0.25, 0.3) is 0 Å². The summed E-state index contributed by atoms with van der Waals surface area (Å²) in [6.07, 6.45) is -1.73. The number of nitrogens with one attached hydrogen (secondary N) is 1. The molecule has 1 aromatic carbocycles. The zero-order valence-electron chi connectivity index (χ0n) is 16.5. The van der Waals surface area contributed by atoms with Gasteiger partial charge in [0.05, 0.1) is 19.8 Å². The number of hydrogen-bond acceptors (Lipinski definition) is 6. The molecule has 6 nitrogen and oxygen atoms in total. The van der Waals surface area contributed by atoms with E-state index in [1.807, 2.05) is 0 Å². The van der Waals surface area contributed by atoms with Gasteiger partial charge in [-0.1, -0.05) is 0 Å². The summed E-state index contributed by atoms with van der Waals surface area (Å²) >= 11 is -1.75. The van der Waals surface area contributed by atoms with Crippen LogP contribution in [-0.2, 0) is 25.6 Å². The van der Waals surface area contributed by atoms with Crippen LogP contribution >= 0.6 is 0 Å². The molecule has 1 aliphatic heterocycles. The number of rotatable bonds is 8. The molecule has 1 heterocycles. The molecule has 4 atom stereocenters. The number of hydrogen-bond donors (Lipinski definition) is 1. The molecule has 1 saturated heterocycles. The monoisotopic (exact) mass is 419 g/mol. The number of esters is 1. The van der Waals surface area contributed by atoms with E-state index in [0.717, 1.165) is 6.07 Å². The first-order valence-electron chi connectivity index (χ1n) is 9.16. The van der Waals surface area contributed by atoms with Crippen molar-refractivity contribution in [3.05, 3.63) is 29.6 Å². The van der Waals surface area contributed by atoms with Crippen LogP contribution in [-0.4, -0.2) is 47.4 Å². The zero-order valence-corrected chi connectivity index (χ0v) is 17.3. The molecule has 1 aliphatic rings. The average molecular weight is 419 g/mol. The fourth-order valence-corrected chi connectivity index (χ4v) is 3.39. The molecule has 0 bridgehead atoms. The van der Waals surface area contributed by atoms with Gasteiger partial charge < -0.3 is 18.8 Å². The molecule has 9 heteroatoms. The summed E-state index contributed by atoms with van der Waals surface area (Å²) in [6.45, 7) is 7.54. The summed E-state index contributed by atoms with van der Waals surface area (Å²) < 4.78 is 59.5. The highest BCUT2D eigenvalue weighted by atomic mass is 32.2. The van der Waals surface area contributed by atoms with E-state index in [0.29, 0.717) is 25.4 Å². The van der Waals surface area contributed by atoms with Gasteiger partial charge in [-0.15, -0.1) is 4.72 Å². The Morgan fingerprint density at radius 1 is 1.46 bits per heavy atom. The van der Waals surface area contributed by atoms with Crippen LogP contribution in [0, 0.1) is 5.82 Å². The smallest absolute Gasteiger partial charge is 0.342 e. The highest BCUT2D eigenvalue weighted by Crippen LogP contribution is 2.30. The third-order valence-electron chi connectivity index (χ3n) is 4.09. The first-order valence-corrected chi connectivity index (χ1v) is 10.3. The van der Waals surface area contributed by atoms with Crippen molar-refractivity contribution in [2.45, 2.75) is 57.2 Å². The third-order valence-corrected chi connectivity index (χ3v) is 5.67. The Kier molecular flexibility index (Phi) is 8.06. The van der Waals surface area contributed by atoms with Crippen molar-refractivity contribution in [2.75, 3.05) is 19.8 Å². The Balaban J connectivity index is 2.33. The Morgan fingerprint density at radius 3 is 2.75 bits per heavy atom. The molecule has 0 spiro atoms. The molecular formula is C19H27F2NO5S. The Morgan fingerprint density at radius 2 is 2.18 bits per heavy atom. The van der Waals surface area contributed by atoms with E-state index < -0.39 is 40.1 Å². The minimum absolute atomic E-state index is 0.0261. The molecule has 0 radical (unpaired) electrons. The van der Waals surface area contributed by atoms with Crippen molar-refractivity contribution >= 4 is 17.3 Å². The lowest BCUT2D eigenvalue weighted by molar-refractivity contribution is -0.150. The van der Waals surface area contributed by atoms with Crippen molar-refractivity contribution in [1.82, 2.24) is 4.72 Å². The molecule has 0 aliphatic carbocycles. The summed E-state index contributed by atoms with van der Waals surface area (Å²) in [5.41, 5.74) is -0.158. The predicted octanol–water partition coefficient (Wildman–Crippen LogP) is 2.99. The van der Waals surface area contributed by atoms with Gasteiger partial charge in [0.1, 0.15) is 28.5 Å². The molecule has 2 rings (SSSR count).